The Bertz CT molecular complexity index is 501. The van der Waals surface area contributed by atoms with Gasteiger partial charge in [0.2, 0.25) is 0 Å². The van der Waals surface area contributed by atoms with Gasteiger partial charge in [-0.2, -0.15) is 0 Å². The summed E-state index contributed by atoms with van der Waals surface area (Å²) in [6.45, 7) is 2.94. The van der Waals surface area contributed by atoms with Crippen LogP contribution in [0.1, 0.15) is 19.0 Å². The monoisotopic (exact) mass is 281 g/mol. The number of carbonyl (C=O) groups is 2. The molecular weight excluding hydrogens is 262 g/mol. The lowest BCUT2D eigenvalue weighted by atomic mass is 10.3. The Morgan fingerprint density at radius 3 is 2.90 bits per heavy atom. The van der Waals surface area contributed by atoms with Gasteiger partial charge in [-0.25, -0.2) is 9.48 Å². The van der Waals surface area contributed by atoms with Crippen molar-refractivity contribution in [1.82, 2.24) is 25.2 Å². The molecule has 0 bridgehead atoms. The van der Waals surface area contributed by atoms with Crippen molar-refractivity contribution < 1.29 is 14.7 Å². The normalized spacial score (nSPS) is 20.5. The second-order valence-corrected chi connectivity index (χ2v) is 5.31. The lowest BCUT2D eigenvalue weighted by molar-refractivity contribution is -0.137. The molecule has 0 aromatic carbocycles. The van der Waals surface area contributed by atoms with Crippen LogP contribution in [0.5, 0.6) is 0 Å². The van der Waals surface area contributed by atoms with Crippen molar-refractivity contribution in [1.29, 1.82) is 0 Å². The molecule has 1 aliphatic rings. The molecule has 8 nitrogen and oxygen atoms in total. The van der Waals surface area contributed by atoms with Gasteiger partial charge in [0.1, 0.15) is 12.2 Å². The molecule has 0 saturated heterocycles. The number of hydrogen-bond donors (Lipinski definition) is 2. The smallest absolute Gasteiger partial charge is 0.325 e. The zero-order valence-electron chi connectivity index (χ0n) is 11.6. The van der Waals surface area contributed by atoms with E-state index in [1.165, 1.54) is 17.3 Å². The minimum absolute atomic E-state index is 0.156. The van der Waals surface area contributed by atoms with Gasteiger partial charge in [0.05, 0.1) is 12.7 Å². The molecule has 2 amide bonds. The molecular formula is C12H19N5O3. The minimum Gasteiger partial charge on any atom is -0.480 e. The first-order valence-corrected chi connectivity index (χ1v) is 6.55. The molecule has 2 rings (SSSR count). The van der Waals surface area contributed by atoms with Crippen LogP contribution < -0.4 is 5.32 Å². The fraction of sp³-hybridized carbons (Fsp3) is 0.667. The summed E-state index contributed by atoms with van der Waals surface area (Å²) in [6, 6.07) is -0.156. The third-order valence-electron chi connectivity index (χ3n) is 3.44. The predicted molar refractivity (Wildman–Crippen MR) is 69.8 cm³/mol. The van der Waals surface area contributed by atoms with Gasteiger partial charge in [0.25, 0.3) is 0 Å². The van der Waals surface area contributed by atoms with Gasteiger partial charge in [-0.3, -0.25) is 4.79 Å². The number of aromatic nitrogens is 3. The molecule has 0 radical (unpaired) electrons. The second-order valence-electron chi connectivity index (χ2n) is 5.31. The van der Waals surface area contributed by atoms with E-state index in [0.29, 0.717) is 17.5 Å². The maximum Gasteiger partial charge on any atom is 0.325 e. The van der Waals surface area contributed by atoms with Gasteiger partial charge < -0.3 is 15.3 Å². The molecule has 8 heteroatoms. The van der Waals surface area contributed by atoms with Crippen LogP contribution in [-0.4, -0.2) is 50.6 Å². The Balaban J connectivity index is 1.74. The summed E-state index contributed by atoms with van der Waals surface area (Å²) in [5.41, 5.74) is 0.535. The molecule has 2 unspecified atom stereocenters. The van der Waals surface area contributed by atoms with Crippen LogP contribution >= 0.6 is 0 Å². The molecule has 1 aromatic heterocycles. The van der Waals surface area contributed by atoms with Crippen molar-refractivity contribution in [2.45, 2.75) is 26.4 Å². The Kier molecular flexibility index (Phi) is 4.21. The number of nitrogens with zero attached hydrogens (tertiary/aromatic N) is 4. The van der Waals surface area contributed by atoms with Crippen LogP contribution in [0.25, 0.3) is 0 Å². The SMILES string of the molecule is CC1CC1CN(C)C(=O)NCc1cn(CC(=O)O)nn1. The maximum absolute atomic E-state index is 11.8. The highest BCUT2D eigenvalue weighted by Crippen LogP contribution is 2.37. The topological polar surface area (TPSA) is 100 Å². The highest BCUT2D eigenvalue weighted by molar-refractivity contribution is 5.73. The van der Waals surface area contributed by atoms with Gasteiger partial charge in [0, 0.05) is 13.6 Å². The van der Waals surface area contributed by atoms with Crippen molar-refractivity contribution in [2.75, 3.05) is 13.6 Å². The molecule has 110 valence electrons. The van der Waals surface area contributed by atoms with Gasteiger partial charge in [0.15, 0.2) is 0 Å². The van der Waals surface area contributed by atoms with Crippen molar-refractivity contribution in [3.63, 3.8) is 0 Å². The van der Waals surface area contributed by atoms with Gasteiger partial charge in [-0.05, 0) is 18.3 Å². The molecule has 1 saturated carbocycles. The summed E-state index contributed by atoms with van der Waals surface area (Å²) in [5, 5.41) is 18.8. The second kappa shape index (κ2) is 5.89. The zero-order chi connectivity index (χ0) is 14.7. The summed E-state index contributed by atoms with van der Waals surface area (Å²) in [7, 11) is 1.77. The van der Waals surface area contributed by atoms with Crippen LogP contribution in [-0.2, 0) is 17.9 Å². The Hall–Kier alpha value is -2.12. The number of hydrogen-bond acceptors (Lipinski definition) is 4. The van der Waals surface area contributed by atoms with Crippen molar-refractivity contribution in [3.05, 3.63) is 11.9 Å². The number of rotatable bonds is 6. The summed E-state index contributed by atoms with van der Waals surface area (Å²) in [5.74, 6) is 0.340. The fourth-order valence-corrected chi connectivity index (χ4v) is 2.02. The number of amides is 2. The fourth-order valence-electron chi connectivity index (χ4n) is 2.02. The third kappa shape index (κ3) is 3.94. The van der Waals surface area contributed by atoms with Gasteiger partial charge >= 0.3 is 12.0 Å². The molecule has 20 heavy (non-hydrogen) atoms. The molecule has 1 heterocycles. The lowest BCUT2D eigenvalue weighted by Crippen LogP contribution is -2.38. The van der Waals surface area contributed by atoms with Crippen LogP contribution in [0.2, 0.25) is 0 Å². The van der Waals surface area contributed by atoms with Gasteiger partial charge in [-0.1, -0.05) is 12.1 Å². The number of carbonyl (C=O) groups excluding carboxylic acids is 1. The molecule has 2 N–H and O–H groups in total. The summed E-state index contributed by atoms with van der Waals surface area (Å²) in [4.78, 5) is 24.0. The van der Waals surface area contributed by atoms with Crippen molar-refractivity contribution >= 4 is 12.0 Å². The van der Waals surface area contributed by atoms with Crippen LogP contribution in [0.4, 0.5) is 4.79 Å². The van der Waals surface area contributed by atoms with Crippen LogP contribution in [0.3, 0.4) is 0 Å². The minimum atomic E-state index is -0.983. The first-order chi connectivity index (χ1) is 9.45. The first kappa shape index (κ1) is 14.3. The molecule has 1 aliphatic carbocycles. The zero-order valence-corrected chi connectivity index (χ0v) is 11.6. The third-order valence-corrected chi connectivity index (χ3v) is 3.44. The van der Waals surface area contributed by atoms with Crippen molar-refractivity contribution in [3.8, 4) is 0 Å². The molecule has 0 spiro atoms. The van der Waals surface area contributed by atoms with Crippen molar-refractivity contribution in [2.24, 2.45) is 11.8 Å². The number of urea groups is 1. The van der Waals surface area contributed by atoms with E-state index < -0.39 is 5.97 Å². The molecule has 1 aromatic rings. The largest absolute Gasteiger partial charge is 0.480 e. The molecule has 2 atom stereocenters. The van der Waals surface area contributed by atoms with Crippen LogP contribution in [0.15, 0.2) is 6.20 Å². The molecule has 0 aliphatic heterocycles. The highest BCUT2D eigenvalue weighted by Gasteiger charge is 2.34. The summed E-state index contributed by atoms with van der Waals surface area (Å²) < 4.78 is 1.22. The number of carboxylic acid groups (broad SMARTS) is 1. The Morgan fingerprint density at radius 2 is 2.30 bits per heavy atom. The maximum atomic E-state index is 11.8. The van der Waals surface area contributed by atoms with E-state index in [1.807, 2.05) is 0 Å². The van der Waals surface area contributed by atoms with E-state index >= 15 is 0 Å². The van der Waals surface area contributed by atoms with E-state index in [-0.39, 0.29) is 19.1 Å². The van der Waals surface area contributed by atoms with Crippen LogP contribution in [0, 0.1) is 11.8 Å². The average molecular weight is 281 g/mol. The first-order valence-electron chi connectivity index (χ1n) is 6.55. The predicted octanol–water partition coefficient (Wildman–Crippen LogP) is 0.160. The van der Waals surface area contributed by atoms with E-state index in [9.17, 15) is 9.59 Å². The van der Waals surface area contributed by atoms with E-state index in [2.05, 4.69) is 22.6 Å². The molecule has 1 fully saturated rings. The number of aliphatic carboxylic acids is 1. The number of carboxylic acids is 1. The summed E-state index contributed by atoms with van der Waals surface area (Å²) >= 11 is 0. The summed E-state index contributed by atoms with van der Waals surface area (Å²) in [6.07, 6.45) is 2.69. The highest BCUT2D eigenvalue weighted by atomic mass is 16.4. The van der Waals surface area contributed by atoms with E-state index in [1.54, 1.807) is 11.9 Å². The van der Waals surface area contributed by atoms with E-state index in [0.717, 1.165) is 6.54 Å². The number of nitrogens with one attached hydrogen (secondary N) is 1. The Morgan fingerprint density at radius 1 is 1.60 bits per heavy atom. The van der Waals surface area contributed by atoms with E-state index in [4.69, 9.17) is 5.11 Å². The Labute approximate surface area is 116 Å². The quantitative estimate of drug-likeness (QED) is 0.773. The van der Waals surface area contributed by atoms with Gasteiger partial charge in [-0.15, -0.1) is 5.10 Å². The average Bonchev–Trinajstić information content (AvgIpc) is 2.88. The lowest BCUT2D eigenvalue weighted by Gasteiger charge is -2.17. The standard InChI is InChI=1S/C12H19N5O3/c1-8-3-9(8)5-16(2)12(20)13-4-10-6-17(15-14-10)7-11(18)19/h6,8-9H,3-5,7H2,1-2H3,(H,13,20)(H,18,19).